The number of aliphatic hydroxyl groups is 1. The number of alkyl halides is 6. The van der Waals surface area contributed by atoms with Gasteiger partial charge in [0.05, 0.1) is 17.7 Å². The van der Waals surface area contributed by atoms with Crippen LogP contribution in [0.15, 0.2) is 65.6 Å². The van der Waals surface area contributed by atoms with Gasteiger partial charge in [-0.15, -0.1) is 0 Å². The van der Waals surface area contributed by atoms with Gasteiger partial charge in [-0.1, -0.05) is 37.3 Å². The molecule has 12 heteroatoms. The lowest BCUT2D eigenvalue weighted by molar-refractivity contribution is -0.143. The largest absolute Gasteiger partial charge is 0.416 e. The van der Waals surface area contributed by atoms with E-state index in [1.807, 2.05) is 0 Å². The highest BCUT2D eigenvalue weighted by Crippen LogP contribution is 2.37. The van der Waals surface area contributed by atoms with Crippen LogP contribution in [0.2, 0.25) is 0 Å². The molecule has 0 unspecified atom stereocenters. The van der Waals surface area contributed by atoms with Gasteiger partial charge >= 0.3 is 12.4 Å². The standard InChI is InChI=1S/C30H25F6N3O3/c1-17-8-10-39-26(24(20-6-4-18(16-40)5-7-20)23-3-2-9-37-25(23)27(39)41)28(42)38(14-17)15-19-11-21(29(31,32)33)13-22(12-19)30(34,35)36/h2-7,9,11-13,17,40H,8,10,14-16H2,1H3/t17-/m1/s1. The van der Waals surface area contributed by atoms with Crippen LogP contribution in [0.1, 0.15) is 46.1 Å². The molecule has 0 saturated heterocycles. The lowest BCUT2D eigenvalue weighted by atomic mass is 9.95. The molecule has 1 aliphatic rings. The Morgan fingerprint density at radius 3 is 2.17 bits per heavy atom. The maximum Gasteiger partial charge on any atom is 0.416 e. The van der Waals surface area contributed by atoms with Crippen LogP contribution in [0.3, 0.4) is 0 Å². The number of pyridine rings is 2. The third-order valence-electron chi connectivity index (χ3n) is 7.34. The normalized spacial score (nSPS) is 16.3. The summed E-state index contributed by atoms with van der Waals surface area (Å²) in [5, 5.41) is 9.86. The highest BCUT2D eigenvalue weighted by molar-refractivity contribution is 6.07. The van der Waals surface area contributed by atoms with Crippen LogP contribution in [0.4, 0.5) is 26.3 Å². The predicted molar refractivity (Wildman–Crippen MR) is 142 cm³/mol. The van der Waals surface area contributed by atoms with Crippen molar-refractivity contribution in [3.8, 4) is 11.1 Å². The molecular formula is C30H25F6N3O3. The highest BCUT2D eigenvalue weighted by atomic mass is 19.4. The zero-order valence-electron chi connectivity index (χ0n) is 22.3. The molecule has 1 atom stereocenters. The van der Waals surface area contributed by atoms with E-state index in [9.17, 15) is 41.0 Å². The average Bonchev–Trinajstić information content (AvgIpc) is 2.94. The van der Waals surface area contributed by atoms with Gasteiger partial charge in [0.2, 0.25) is 0 Å². The SMILES string of the molecule is C[C@@H]1CCn2c(c(-c3ccc(CO)cc3)c3cccnc3c2=O)C(=O)N(Cc2cc(C(F)(F)F)cc(C(F)(F)F)c2)C1. The summed E-state index contributed by atoms with van der Waals surface area (Å²) in [7, 11) is 0. The Morgan fingerprint density at radius 1 is 0.929 bits per heavy atom. The second-order valence-electron chi connectivity index (χ2n) is 10.4. The van der Waals surface area contributed by atoms with Crippen molar-refractivity contribution in [2.45, 2.75) is 45.4 Å². The van der Waals surface area contributed by atoms with E-state index < -0.39 is 41.5 Å². The van der Waals surface area contributed by atoms with Gasteiger partial charge in [0.1, 0.15) is 11.2 Å². The van der Waals surface area contributed by atoms with Crippen LogP contribution < -0.4 is 5.56 Å². The summed E-state index contributed by atoms with van der Waals surface area (Å²) >= 11 is 0. The smallest absolute Gasteiger partial charge is 0.392 e. The maximum atomic E-state index is 14.3. The number of halogens is 6. The molecule has 0 bridgehead atoms. The van der Waals surface area contributed by atoms with Crippen molar-refractivity contribution in [3.05, 3.63) is 99.1 Å². The van der Waals surface area contributed by atoms with E-state index in [1.54, 1.807) is 43.3 Å². The Labute approximate surface area is 235 Å². The van der Waals surface area contributed by atoms with Gasteiger partial charge in [-0.3, -0.25) is 14.6 Å². The first kappa shape index (κ1) is 29.3. The number of hydrogen-bond acceptors (Lipinski definition) is 4. The topological polar surface area (TPSA) is 75.4 Å². The molecule has 42 heavy (non-hydrogen) atoms. The number of fused-ring (bicyclic) bond motifs is 2. The van der Waals surface area contributed by atoms with Crippen molar-refractivity contribution >= 4 is 16.8 Å². The Morgan fingerprint density at radius 2 is 1.57 bits per heavy atom. The molecule has 2 aromatic carbocycles. The molecule has 0 radical (unpaired) electrons. The highest BCUT2D eigenvalue weighted by Gasteiger charge is 2.38. The van der Waals surface area contributed by atoms with Crippen LogP contribution in [-0.4, -0.2) is 32.0 Å². The van der Waals surface area contributed by atoms with Gasteiger partial charge < -0.3 is 14.6 Å². The predicted octanol–water partition coefficient (Wildman–Crippen LogP) is 6.28. The minimum atomic E-state index is -5.04. The summed E-state index contributed by atoms with van der Waals surface area (Å²) in [5.74, 6) is -0.940. The summed E-state index contributed by atoms with van der Waals surface area (Å²) in [6.07, 6.45) is -8.22. The number of hydrogen-bond donors (Lipinski definition) is 1. The number of benzene rings is 2. The number of rotatable bonds is 4. The minimum Gasteiger partial charge on any atom is -0.392 e. The van der Waals surface area contributed by atoms with E-state index in [1.165, 1.54) is 15.7 Å². The number of carbonyl (C=O) groups is 1. The number of carbonyl (C=O) groups excluding carboxylic acids is 1. The van der Waals surface area contributed by atoms with Crippen molar-refractivity contribution in [3.63, 3.8) is 0 Å². The third-order valence-corrected chi connectivity index (χ3v) is 7.34. The lowest BCUT2D eigenvalue weighted by Crippen LogP contribution is -2.41. The summed E-state index contributed by atoms with van der Waals surface area (Å²) in [6, 6.07) is 11.1. The van der Waals surface area contributed by atoms with E-state index in [0.717, 1.165) is 0 Å². The van der Waals surface area contributed by atoms with Gasteiger partial charge in [-0.05, 0) is 53.3 Å². The van der Waals surface area contributed by atoms with E-state index in [2.05, 4.69) is 4.98 Å². The van der Waals surface area contributed by atoms with Crippen LogP contribution in [0, 0.1) is 5.92 Å². The van der Waals surface area contributed by atoms with Crippen LogP contribution >= 0.6 is 0 Å². The number of aromatic nitrogens is 2. The molecule has 5 rings (SSSR count). The molecule has 1 aliphatic heterocycles. The van der Waals surface area contributed by atoms with Gasteiger partial charge in [0, 0.05) is 36.8 Å². The molecule has 0 aliphatic carbocycles. The van der Waals surface area contributed by atoms with E-state index in [-0.39, 0.29) is 48.5 Å². The molecule has 220 valence electrons. The van der Waals surface area contributed by atoms with E-state index in [0.29, 0.717) is 40.6 Å². The number of aliphatic hydroxyl groups excluding tert-OH is 1. The Bertz CT molecular complexity index is 1680. The molecular weight excluding hydrogens is 564 g/mol. The average molecular weight is 590 g/mol. The molecule has 0 saturated carbocycles. The molecule has 3 heterocycles. The Hall–Kier alpha value is -4.19. The van der Waals surface area contributed by atoms with Crippen molar-refractivity contribution in [1.29, 1.82) is 0 Å². The first-order chi connectivity index (χ1) is 19.8. The minimum absolute atomic E-state index is 0.0350. The van der Waals surface area contributed by atoms with Crippen molar-refractivity contribution in [1.82, 2.24) is 14.5 Å². The summed E-state index contributed by atoms with van der Waals surface area (Å²) in [4.78, 5) is 33.3. The summed E-state index contributed by atoms with van der Waals surface area (Å²) in [6.45, 7) is 1.22. The number of amides is 1. The Balaban J connectivity index is 1.71. The third kappa shape index (κ3) is 5.63. The molecule has 0 spiro atoms. The fourth-order valence-electron chi connectivity index (χ4n) is 5.29. The fraction of sp³-hybridized carbons (Fsp3) is 0.300. The fourth-order valence-corrected chi connectivity index (χ4v) is 5.29. The maximum absolute atomic E-state index is 14.3. The molecule has 1 amide bonds. The second-order valence-corrected chi connectivity index (χ2v) is 10.4. The number of nitrogens with zero attached hydrogens (tertiary/aromatic N) is 3. The first-order valence-corrected chi connectivity index (χ1v) is 13.1. The molecule has 1 N–H and O–H groups in total. The first-order valence-electron chi connectivity index (χ1n) is 13.1. The molecule has 2 aromatic heterocycles. The molecule has 6 nitrogen and oxygen atoms in total. The van der Waals surface area contributed by atoms with Crippen LogP contribution in [0.25, 0.3) is 22.0 Å². The summed E-state index contributed by atoms with van der Waals surface area (Å²) in [5.41, 5.74) is -2.27. The lowest BCUT2D eigenvalue weighted by Gasteiger charge is -2.32. The summed E-state index contributed by atoms with van der Waals surface area (Å²) < 4.78 is 82.6. The van der Waals surface area contributed by atoms with Crippen molar-refractivity contribution in [2.75, 3.05) is 6.54 Å². The van der Waals surface area contributed by atoms with Gasteiger partial charge in [-0.2, -0.15) is 26.3 Å². The molecule has 4 aromatic rings. The van der Waals surface area contributed by atoms with E-state index in [4.69, 9.17) is 0 Å². The zero-order chi connectivity index (χ0) is 30.4. The van der Waals surface area contributed by atoms with Crippen LogP contribution in [-0.2, 0) is 32.0 Å². The van der Waals surface area contributed by atoms with Crippen molar-refractivity contribution in [2.24, 2.45) is 5.92 Å². The van der Waals surface area contributed by atoms with E-state index >= 15 is 0 Å². The zero-order valence-corrected chi connectivity index (χ0v) is 22.3. The monoisotopic (exact) mass is 589 g/mol. The van der Waals surface area contributed by atoms with Gasteiger partial charge in [0.15, 0.2) is 0 Å². The van der Waals surface area contributed by atoms with Gasteiger partial charge in [-0.25, -0.2) is 0 Å². The quantitative estimate of drug-likeness (QED) is 0.285. The molecule has 0 fully saturated rings. The van der Waals surface area contributed by atoms with Crippen LogP contribution in [0.5, 0.6) is 0 Å². The van der Waals surface area contributed by atoms with Crippen molar-refractivity contribution < 1.29 is 36.2 Å². The van der Waals surface area contributed by atoms with Gasteiger partial charge in [0.25, 0.3) is 11.5 Å². The second kappa shape index (κ2) is 10.9. The Kier molecular flexibility index (Phi) is 7.61.